The molecule has 0 saturated carbocycles. The first-order valence-electron chi connectivity index (χ1n) is 4.99. The molecule has 1 aliphatic rings. The van der Waals surface area contributed by atoms with Crippen molar-refractivity contribution in [3.63, 3.8) is 0 Å². The second-order valence-corrected chi connectivity index (χ2v) is 3.62. The lowest BCUT2D eigenvalue weighted by Gasteiger charge is -2.10. The summed E-state index contributed by atoms with van der Waals surface area (Å²) in [6.45, 7) is 4.26. The molecule has 1 saturated heterocycles. The van der Waals surface area contributed by atoms with E-state index in [-0.39, 0.29) is 6.10 Å². The summed E-state index contributed by atoms with van der Waals surface area (Å²) in [6.07, 6.45) is 1.42. The molecule has 2 rings (SSSR count). The van der Waals surface area contributed by atoms with Gasteiger partial charge in [0.1, 0.15) is 0 Å². The highest BCUT2D eigenvalue weighted by atomic mass is 16.4. The van der Waals surface area contributed by atoms with Crippen LogP contribution in [-0.4, -0.2) is 39.4 Å². The molecule has 5 heteroatoms. The molecule has 0 spiro atoms. The van der Waals surface area contributed by atoms with Crippen LogP contribution in [0.5, 0.6) is 0 Å². The van der Waals surface area contributed by atoms with Crippen LogP contribution in [0, 0.1) is 0 Å². The molecule has 0 aromatic carbocycles. The first-order chi connectivity index (χ1) is 6.78. The van der Waals surface area contributed by atoms with E-state index >= 15 is 0 Å². The van der Waals surface area contributed by atoms with Crippen molar-refractivity contribution in [1.82, 2.24) is 15.1 Å². The minimum absolute atomic E-state index is 0.191. The molecule has 1 aromatic heterocycles. The summed E-state index contributed by atoms with van der Waals surface area (Å²) in [5, 5.41) is 17.1. The van der Waals surface area contributed by atoms with Gasteiger partial charge >= 0.3 is 0 Å². The van der Waals surface area contributed by atoms with Gasteiger partial charge < -0.3 is 9.52 Å². The molecule has 5 nitrogen and oxygen atoms in total. The van der Waals surface area contributed by atoms with Crippen LogP contribution in [0.4, 0.5) is 0 Å². The molecule has 78 valence electrons. The number of aryl methyl sites for hydroxylation is 1. The molecule has 0 radical (unpaired) electrons. The van der Waals surface area contributed by atoms with Crippen molar-refractivity contribution in [2.24, 2.45) is 0 Å². The SMILES string of the molecule is CCc1nnc(CN2CC[C@@H](O)C2)o1. The molecule has 1 N–H and O–H groups in total. The third kappa shape index (κ3) is 2.10. The number of nitrogens with zero attached hydrogens (tertiary/aromatic N) is 3. The van der Waals surface area contributed by atoms with Gasteiger partial charge in [0.2, 0.25) is 11.8 Å². The molecular formula is C9H15N3O2. The van der Waals surface area contributed by atoms with Crippen LogP contribution in [0.25, 0.3) is 0 Å². The highest BCUT2D eigenvalue weighted by Crippen LogP contribution is 2.12. The van der Waals surface area contributed by atoms with Crippen molar-refractivity contribution < 1.29 is 9.52 Å². The molecular weight excluding hydrogens is 182 g/mol. The Hall–Kier alpha value is -0.940. The van der Waals surface area contributed by atoms with Crippen LogP contribution in [0.2, 0.25) is 0 Å². The van der Waals surface area contributed by atoms with Crippen LogP contribution < -0.4 is 0 Å². The predicted molar refractivity (Wildman–Crippen MR) is 49.6 cm³/mol. The van der Waals surface area contributed by atoms with E-state index in [4.69, 9.17) is 4.42 Å². The number of β-amino-alcohol motifs (C(OH)–C–C–N with tert-alkyl or cyclic N) is 1. The quantitative estimate of drug-likeness (QED) is 0.750. The van der Waals surface area contributed by atoms with Crippen LogP contribution in [-0.2, 0) is 13.0 Å². The molecule has 0 bridgehead atoms. The van der Waals surface area contributed by atoms with Crippen molar-refractivity contribution >= 4 is 0 Å². The fourth-order valence-electron chi connectivity index (χ4n) is 1.64. The lowest BCUT2D eigenvalue weighted by Crippen LogP contribution is -2.21. The molecule has 1 atom stereocenters. The van der Waals surface area contributed by atoms with Crippen molar-refractivity contribution in [1.29, 1.82) is 0 Å². The fourth-order valence-corrected chi connectivity index (χ4v) is 1.64. The molecule has 0 amide bonds. The van der Waals surface area contributed by atoms with Gasteiger partial charge in [-0.1, -0.05) is 6.92 Å². The maximum atomic E-state index is 9.32. The van der Waals surface area contributed by atoms with Crippen LogP contribution >= 0.6 is 0 Å². The van der Waals surface area contributed by atoms with Gasteiger partial charge in [-0.3, -0.25) is 4.90 Å². The third-order valence-electron chi connectivity index (χ3n) is 2.42. The Kier molecular flexibility index (Phi) is 2.79. The van der Waals surface area contributed by atoms with Gasteiger partial charge in [-0.05, 0) is 6.42 Å². The summed E-state index contributed by atoms with van der Waals surface area (Å²) in [5.74, 6) is 1.33. The van der Waals surface area contributed by atoms with Gasteiger partial charge in [0.25, 0.3) is 0 Å². The largest absolute Gasteiger partial charge is 0.424 e. The van der Waals surface area contributed by atoms with Crippen LogP contribution in [0.1, 0.15) is 25.1 Å². The summed E-state index contributed by atoms with van der Waals surface area (Å²) in [5.41, 5.74) is 0. The summed E-state index contributed by atoms with van der Waals surface area (Å²) in [7, 11) is 0. The lowest BCUT2D eigenvalue weighted by atomic mass is 10.3. The standard InChI is InChI=1S/C9H15N3O2/c1-2-8-10-11-9(14-8)6-12-4-3-7(13)5-12/h7,13H,2-6H2,1H3/t7-/m1/s1. The van der Waals surface area contributed by atoms with E-state index < -0.39 is 0 Å². The molecule has 0 aliphatic carbocycles. The van der Waals surface area contributed by atoms with Crippen molar-refractivity contribution in [3.05, 3.63) is 11.8 Å². The number of aliphatic hydroxyl groups excluding tert-OH is 1. The van der Waals surface area contributed by atoms with Gasteiger partial charge in [-0.2, -0.15) is 0 Å². The zero-order valence-electron chi connectivity index (χ0n) is 8.31. The first-order valence-corrected chi connectivity index (χ1v) is 4.99. The van der Waals surface area contributed by atoms with Crippen molar-refractivity contribution in [2.75, 3.05) is 13.1 Å². The lowest BCUT2D eigenvalue weighted by molar-refractivity contribution is 0.171. The van der Waals surface area contributed by atoms with Gasteiger partial charge in [0.15, 0.2) is 0 Å². The number of rotatable bonds is 3. The van der Waals surface area contributed by atoms with E-state index in [0.29, 0.717) is 24.9 Å². The van der Waals surface area contributed by atoms with E-state index in [9.17, 15) is 5.11 Å². The average molecular weight is 197 g/mol. The maximum absolute atomic E-state index is 9.32. The van der Waals surface area contributed by atoms with Crippen LogP contribution in [0.3, 0.4) is 0 Å². The Morgan fingerprint density at radius 2 is 2.29 bits per heavy atom. The zero-order valence-corrected chi connectivity index (χ0v) is 8.31. The van der Waals surface area contributed by atoms with Gasteiger partial charge in [0, 0.05) is 19.5 Å². The van der Waals surface area contributed by atoms with E-state index in [1.165, 1.54) is 0 Å². The number of hydrogen-bond donors (Lipinski definition) is 1. The second-order valence-electron chi connectivity index (χ2n) is 3.62. The molecule has 14 heavy (non-hydrogen) atoms. The highest BCUT2D eigenvalue weighted by Gasteiger charge is 2.21. The monoisotopic (exact) mass is 197 g/mol. The van der Waals surface area contributed by atoms with Gasteiger partial charge in [-0.15, -0.1) is 10.2 Å². The van der Waals surface area contributed by atoms with Crippen LogP contribution in [0.15, 0.2) is 4.42 Å². The predicted octanol–water partition coefficient (Wildman–Crippen LogP) is 0.199. The van der Waals surface area contributed by atoms with E-state index in [1.807, 2.05) is 6.92 Å². The topological polar surface area (TPSA) is 62.4 Å². The Bertz CT molecular complexity index is 300. The van der Waals surface area contributed by atoms with Crippen molar-refractivity contribution in [2.45, 2.75) is 32.4 Å². The molecule has 1 aliphatic heterocycles. The number of hydrogen-bond acceptors (Lipinski definition) is 5. The highest BCUT2D eigenvalue weighted by molar-refractivity contribution is 4.84. The number of likely N-dealkylation sites (tertiary alicyclic amines) is 1. The summed E-state index contributed by atoms with van der Waals surface area (Å²) >= 11 is 0. The van der Waals surface area contributed by atoms with Crippen molar-refractivity contribution in [3.8, 4) is 0 Å². The molecule has 1 aromatic rings. The summed E-state index contributed by atoms with van der Waals surface area (Å²) < 4.78 is 5.38. The first kappa shape index (κ1) is 9.61. The Balaban J connectivity index is 1.90. The zero-order chi connectivity index (χ0) is 9.97. The number of aromatic nitrogens is 2. The summed E-state index contributed by atoms with van der Waals surface area (Å²) in [6, 6.07) is 0. The normalized spacial score (nSPS) is 23.1. The fraction of sp³-hybridized carbons (Fsp3) is 0.778. The third-order valence-corrected chi connectivity index (χ3v) is 2.42. The van der Waals surface area contributed by atoms with Gasteiger partial charge in [0.05, 0.1) is 12.6 Å². The van der Waals surface area contributed by atoms with E-state index in [2.05, 4.69) is 15.1 Å². The van der Waals surface area contributed by atoms with E-state index in [1.54, 1.807) is 0 Å². The Morgan fingerprint density at radius 3 is 2.86 bits per heavy atom. The average Bonchev–Trinajstić information content (AvgIpc) is 2.76. The molecule has 1 fully saturated rings. The number of aliphatic hydroxyl groups is 1. The minimum Gasteiger partial charge on any atom is -0.424 e. The smallest absolute Gasteiger partial charge is 0.230 e. The van der Waals surface area contributed by atoms with E-state index in [0.717, 1.165) is 19.4 Å². The summed E-state index contributed by atoms with van der Waals surface area (Å²) in [4.78, 5) is 2.12. The maximum Gasteiger partial charge on any atom is 0.230 e. The molecule has 0 unspecified atom stereocenters. The molecule has 2 heterocycles. The minimum atomic E-state index is -0.191. The Morgan fingerprint density at radius 1 is 1.50 bits per heavy atom. The van der Waals surface area contributed by atoms with Gasteiger partial charge in [-0.25, -0.2) is 0 Å². The second kappa shape index (κ2) is 4.06. The Labute approximate surface area is 82.7 Å².